The molecule has 0 radical (unpaired) electrons. The summed E-state index contributed by atoms with van der Waals surface area (Å²) in [6, 6.07) is 0.702. The highest BCUT2D eigenvalue weighted by Gasteiger charge is 2.07. The minimum absolute atomic E-state index is 0.702. The van der Waals surface area contributed by atoms with Gasteiger partial charge in [0, 0.05) is 6.04 Å². The maximum atomic E-state index is 5.44. The van der Waals surface area contributed by atoms with Gasteiger partial charge >= 0.3 is 0 Å². The number of hydrogen-bond acceptors (Lipinski definition) is 2. The first-order valence-electron chi connectivity index (χ1n) is 4.70. The SMILES string of the molecule is CCN(CC)[C@@H](C)CCCN. The van der Waals surface area contributed by atoms with E-state index < -0.39 is 0 Å². The van der Waals surface area contributed by atoms with Gasteiger partial charge in [-0.1, -0.05) is 13.8 Å². The molecule has 0 aromatic heterocycles. The molecule has 0 rings (SSSR count). The minimum Gasteiger partial charge on any atom is -0.330 e. The van der Waals surface area contributed by atoms with Gasteiger partial charge in [-0.15, -0.1) is 0 Å². The van der Waals surface area contributed by atoms with Gasteiger partial charge < -0.3 is 10.6 Å². The van der Waals surface area contributed by atoms with Gasteiger partial charge in [-0.2, -0.15) is 0 Å². The van der Waals surface area contributed by atoms with Crippen LogP contribution in [0.5, 0.6) is 0 Å². The van der Waals surface area contributed by atoms with Crippen molar-refractivity contribution < 1.29 is 0 Å². The number of hydrogen-bond donors (Lipinski definition) is 1. The van der Waals surface area contributed by atoms with Crippen molar-refractivity contribution in [3.8, 4) is 0 Å². The third-order valence-corrected chi connectivity index (χ3v) is 2.26. The van der Waals surface area contributed by atoms with Crippen LogP contribution in [0.4, 0.5) is 0 Å². The summed E-state index contributed by atoms with van der Waals surface area (Å²) in [6.07, 6.45) is 2.38. The molecule has 0 saturated heterocycles. The fourth-order valence-corrected chi connectivity index (χ4v) is 1.44. The van der Waals surface area contributed by atoms with Gasteiger partial charge in [-0.3, -0.25) is 0 Å². The molecule has 0 spiro atoms. The molecule has 68 valence electrons. The molecule has 0 amide bonds. The molecule has 2 N–H and O–H groups in total. The van der Waals surface area contributed by atoms with Crippen LogP contribution >= 0.6 is 0 Å². The van der Waals surface area contributed by atoms with E-state index in [2.05, 4.69) is 25.7 Å². The van der Waals surface area contributed by atoms with Crippen LogP contribution in [0.3, 0.4) is 0 Å². The fourth-order valence-electron chi connectivity index (χ4n) is 1.44. The molecule has 2 nitrogen and oxygen atoms in total. The summed E-state index contributed by atoms with van der Waals surface area (Å²) in [7, 11) is 0. The third-order valence-electron chi connectivity index (χ3n) is 2.26. The first kappa shape index (κ1) is 10.9. The fraction of sp³-hybridized carbons (Fsp3) is 1.00. The second kappa shape index (κ2) is 6.62. The molecule has 0 aromatic carbocycles. The van der Waals surface area contributed by atoms with Crippen LogP contribution in [0.15, 0.2) is 0 Å². The van der Waals surface area contributed by atoms with Crippen molar-refractivity contribution in [3.05, 3.63) is 0 Å². The lowest BCUT2D eigenvalue weighted by molar-refractivity contribution is 0.219. The lowest BCUT2D eigenvalue weighted by Gasteiger charge is -2.25. The van der Waals surface area contributed by atoms with Crippen LogP contribution < -0.4 is 5.73 Å². The summed E-state index contributed by atoms with van der Waals surface area (Å²) in [4.78, 5) is 2.47. The van der Waals surface area contributed by atoms with Gasteiger partial charge in [0.15, 0.2) is 0 Å². The Balaban J connectivity index is 3.51. The highest BCUT2D eigenvalue weighted by Crippen LogP contribution is 2.04. The second-order valence-corrected chi connectivity index (χ2v) is 3.00. The minimum atomic E-state index is 0.702. The summed E-state index contributed by atoms with van der Waals surface area (Å²) in [6.45, 7) is 9.84. The van der Waals surface area contributed by atoms with Crippen molar-refractivity contribution >= 4 is 0 Å². The Kier molecular flexibility index (Phi) is 6.57. The topological polar surface area (TPSA) is 29.3 Å². The zero-order valence-corrected chi connectivity index (χ0v) is 8.14. The van der Waals surface area contributed by atoms with E-state index in [9.17, 15) is 0 Å². The summed E-state index contributed by atoms with van der Waals surface area (Å²) in [5.74, 6) is 0. The van der Waals surface area contributed by atoms with E-state index in [-0.39, 0.29) is 0 Å². The molecule has 0 unspecified atom stereocenters. The van der Waals surface area contributed by atoms with E-state index >= 15 is 0 Å². The molecule has 2 heteroatoms. The average Bonchev–Trinajstić information content (AvgIpc) is 2.03. The Hall–Kier alpha value is -0.0800. The zero-order valence-electron chi connectivity index (χ0n) is 8.14. The van der Waals surface area contributed by atoms with Crippen LogP contribution in [0, 0.1) is 0 Å². The monoisotopic (exact) mass is 158 g/mol. The van der Waals surface area contributed by atoms with Crippen molar-refractivity contribution in [1.82, 2.24) is 4.90 Å². The van der Waals surface area contributed by atoms with Crippen molar-refractivity contribution in [2.45, 2.75) is 39.7 Å². The lowest BCUT2D eigenvalue weighted by Crippen LogP contribution is -2.32. The molecular formula is C9H22N2. The summed E-state index contributed by atoms with van der Waals surface area (Å²) in [5, 5.41) is 0. The molecule has 0 fully saturated rings. The normalized spacial score (nSPS) is 13.9. The molecule has 0 aliphatic carbocycles. The van der Waals surface area contributed by atoms with Gasteiger partial charge in [-0.25, -0.2) is 0 Å². The molecule has 0 aromatic rings. The van der Waals surface area contributed by atoms with Crippen LogP contribution in [0.2, 0.25) is 0 Å². The maximum absolute atomic E-state index is 5.44. The summed E-state index contributed by atoms with van der Waals surface area (Å²) < 4.78 is 0. The first-order valence-corrected chi connectivity index (χ1v) is 4.70. The predicted molar refractivity (Wildman–Crippen MR) is 50.7 cm³/mol. The molecule has 0 saturated carbocycles. The van der Waals surface area contributed by atoms with Crippen LogP contribution in [0.1, 0.15) is 33.6 Å². The Morgan fingerprint density at radius 2 is 1.82 bits per heavy atom. The van der Waals surface area contributed by atoms with Crippen molar-refractivity contribution in [2.24, 2.45) is 5.73 Å². The Labute approximate surface area is 70.8 Å². The van der Waals surface area contributed by atoms with E-state index in [1.54, 1.807) is 0 Å². The molecule has 0 aliphatic heterocycles. The van der Waals surface area contributed by atoms with Gasteiger partial charge in [0.05, 0.1) is 0 Å². The summed E-state index contributed by atoms with van der Waals surface area (Å²) in [5.41, 5.74) is 5.44. The number of nitrogens with two attached hydrogens (primary N) is 1. The van der Waals surface area contributed by atoms with Gasteiger partial charge in [0.25, 0.3) is 0 Å². The highest BCUT2D eigenvalue weighted by atomic mass is 15.1. The third kappa shape index (κ3) is 4.38. The van der Waals surface area contributed by atoms with Gasteiger partial charge in [-0.05, 0) is 39.4 Å². The molecule has 11 heavy (non-hydrogen) atoms. The smallest absolute Gasteiger partial charge is 0.00671 e. The van der Waals surface area contributed by atoms with Crippen LogP contribution in [0.25, 0.3) is 0 Å². The lowest BCUT2D eigenvalue weighted by atomic mass is 10.1. The zero-order chi connectivity index (χ0) is 8.69. The Bertz CT molecular complexity index is 79.6. The van der Waals surface area contributed by atoms with Gasteiger partial charge in [0.2, 0.25) is 0 Å². The van der Waals surface area contributed by atoms with Crippen LogP contribution in [-0.4, -0.2) is 30.6 Å². The largest absolute Gasteiger partial charge is 0.330 e. The highest BCUT2D eigenvalue weighted by molar-refractivity contribution is 4.64. The standard InChI is InChI=1S/C9H22N2/c1-4-11(5-2)9(3)7-6-8-10/h9H,4-8,10H2,1-3H3/t9-/m0/s1. The molecular weight excluding hydrogens is 136 g/mol. The quantitative estimate of drug-likeness (QED) is 0.634. The van der Waals surface area contributed by atoms with E-state index in [1.807, 2.05) is 0 Å². The van der Waals surface area contributed by atoms with Crippen molar-refractivity contribution in [3.63, 3.8) is 0 Å². The molecule has 0 aliphatic rings. The molecule has 0 heterocycles. The molecule has 1 atom stereocenters. The Morgan fingerprint density at radius 3 is 2.18 bits per heavy atom. The number of nitrogens with zero attached hydrogens (tertiary/aromatic N) is 1. The predicted octanol–water partition coefficient (Wildman–Crippen LogP) is 1.46. The second-order valence-electron chi connectivity index (χ2n) is 3.00. The summed E-state index contributed by atoms with van der Waals surface area (Å²) >= 11 is 0. The van der Waals surface area contributed by atoms with E-state index in [4.69, 9.17) is 5.73 Å². The Morgan fingerprint density at radius 1 is 1.27 bits per heavy atom. The average molecular weight is 158 g/mol. The van der Waals surface area contributed by atoms with Crippen molar-refractivity contribution in [2.75, 3.05) is 19.6 Å². The molecule has 0 bridgehead atoms. The number of rotatable bonds is 6. The van der Waals surface area contributed by atoms with Gasteiger partial charge in [0.1, 0.15) is 0 Å². The maximum Gasteiger partial charge on any atom is 0.00671 e. The van der Waals surface area contributed by atoms with Crippen LogP contribution in [-0.2, 0) is 0 Å². The van der Waals surface area contributed by atoms with E-state index in [0.29, 0.717) is 6.04 Å². The van der Waals surface area contributed by atoms with E-state index in [0.717, 1.165) is 26.1 Å². The van der Waals surface area contributed by atoms with Crippen molar-refractivity contribution in [1.29, 1.82) is 0 Å². The van der Waals surface area contributed by atoms with E-state index in [1.165, 1.54) is 6.42 Å². The first-order chi connectivity index (χ1) is 5.26.